The van der Waals surface area contributed by atoms with Gasteiger partial charge in [-0.2, -0.15) is 5.26 Å². The van der Waals surface area contributed by atoms with Crippen molar-refractivity contribution in [2.45, 2.75) is 13.8 Å². The Hall–Kier alpha value is -5.46. The molecule has 5 aromatic carbocycles. The van der Waals surface area contributed by atoms with Crippen LogP contribution in [-0.4, -0.2) is 0 Å². The van der Waals surface area contributed by atoms with Crippen LogP contribution in [0.3, 0.4) is 0 Å². The van der Waals surface area contributed by atoms with Crippen molar-refractivity contribution in [3.8, 4) is 50.7 Å². The van der Waals surface area contributed by atoms with E-state index in [0.29, 0.717) is 5.56 Å². The molecule has 200 valence electrons. The molecule has 7 rings (SSSR count). The third-order valence-corrected chi connectivity index (χ3v) is 8.25. The number of pyridine rings is 1. The molecular weight excluding hydrogens is 512 g/mol. The molecule has 0 radical (unpaired) electrons. The van der Waals surface area contributed by atoms with Crippen molar-refractivity contribution >= 4 is 21.9 Å². The number of hydrogen-bond donors (Lipinski definition) is 0. The summed E-state index contributed by atoms with van der Waals surface area (Å²) in [7, 11) is 2.08. The van der Waals surface area contributed by atoms with Crippen LogP contribution in [0, 0.1) is 25.2 Å². The molecule has 0 aliphatic rings. The molecule has 0 saturated heterocycles. The number of nitrogens with zero attached hydrogens (tertiary/aromatic N) is 2. The largest absolute Gasteiger partial charge is 0.454 e. The molecule has 7 aromatic rings. The van der Waals surface area contributed by atoms with Gasteiger partial charge in [-0.25, -0.2) is 4.57 Å². The Kier molecular flexibility index (Phi) is 6.18. The molecule has 2 aromatic heterocycles. The Bertz CT molecular complexity index is 2170. The summed E-state index contributed by atoms with van der Waals surface area (Å²) in [6.07, 6.45) is 2.17. The Morgan fingerprint density at radius 1 is 0.595 bits per heavy atom. The lowest BCUT2D eigenvalue weighted by Gasteiger charge is -2.11. The summed E-state index contributed by atoms with van der Waals surface area (Å²) in [5, 5.41) is 12.2. The predicted octanol–water partition coefficient (Wildman–Crippen LogP) is 9.57. The molecule has 3 nitrogen and oxygen atoms in total. The zero-order chi connectivity index (χ0) is 28.8. The highest BCUT2D eigenvalue weighted by Gasteiger charge is 2.24. The molecule has 42 heavy (non-hydrogen) atoms. The molecule has 0 spiro atoms. The van der Waals surface area contributed by atoms with Crippen molar-refractivity contribution in [2.24, 2.45) is 7.05 Å². The summed E-state index contributed by atoms with van der Waals surface area (Å²) in [5.74, 6) is 0. The normalized spacial score (nSPS) is 11.2. The summed E-state index contributed by atoms with van der Waals surface area (Å²) in [4.78, 5) is 0. The minimum Gasteiger partial charge on any atom is -0.454 e. The van der Waals surface area contributed by atoms with Gasteiger partial charge in [-0.1, -0.05) is 84.9 Å². The second-order valence-electron chi connectivity index (χ2n) is 10.9. The number of fused-ring (bicyclic) bond motifs is 3. The van der Waals surface area contributed by atoms with Crippen LogP contribution < -0.4 is 4.57 Å². The van der Waals surface area contributed by atoms with Gasteiger partial charge in [-0.3, -0.25) is 0 Å². The lowest BCUT2D eigenvalue weighted by Crippen LogP contribution is -2.30. The average molecular weight is 542 g/mol. The molecule has 0 fully saturated rings. The highest BCUT2D eigenvalue weighted by molar-refractivity contribution is 6.14. The van der Waals surface area contributed by atoms with Gasteiger partial charge >= 0.3 is 0 Å². The summed E-state index contributed by atoms with van der Waals surface area (Å²) in [6, 6.07) is 42.2. The van der Waals surface area contributed by atoms with Gasteiger partial charge in [0.1, 0.15) is 18.2 Å². The molecule has 0 amide bonds. The summed E-state index contributed by atoms with van der Waals surface area (Å²) < 4.78 is 9.00. The molecule has 0 N–H and O–H groups in total. The van der Waals surface area contributed by atoms with Crippen LogP contribution in [0.4, 0.5) is 0 Å². The number of benzene rings is 5. The second-order valence-corrected chi connectivity index (χ2v) is 10.9. The van der Waals surface area contributed by atoms with Gasteiger partial charge in [0.25, 0.3) is 0 Å². The smallest absolute Gasteiger partial charge is 0.216 e. The molecular formula is C39H29N2O+. The van der Waals surface area contributed by atoms with E-state index in [-0.39, 0.29) is 0 Å². The van der Waals surface area contributed by atoms with Crippen LogP contribution >= 0.6 is 0 Å². The van der Waals surface area contributed by atoms with Crippen LogP contribution in [0.15, 0.2) is 126 Å². The van der Waals surface area contributed by atoms with Crippen LogP contribution in [0.5, 0.6) is 0 Å². The first-order valence-electron chi connectivity index (χ1n) is 14.1. The third kappa shape index (κ3) is 4.17. The Morgan fingerprint density at radius 2 is 1.21 bits per heavy atom. The van der Waals surface area contributed by atoms with Crippen LogP contribution in [-0.2, 0) is 7.05 Å². The van der Waals surface area contributed by atoms with Crippen molar-refractivity contribution < 1.29 is 8.98 Å². The maximum atomic E-state index is 10.2. The first-order valence-corrected chi connectivity index (χ1v) is 14.1. The fourth-order valence-corrected chi connectivity index (χ4v) is 6.07. The maximum Gasteiger partial charge on any atom is 0.216 e. The van der Waals surface area contributed by atoms with E-state index >= 15 is 0 Å². The lowest BCUT2D eigenvalue weighted by molar-refractivity contribution is -0.659. The Balaban J connectivity index is 1.46. The molecule has 0 saturated carbocycles. The lowest BCUT2D eigenvalue weighted by atomic mass is 9.92. The minimum atomic E-state index is 0.598. The SMILES string of the molecule is Cc1ccc(-c2c(C#N)ccc3c2oc2c(-c4ccc(-c5ccccc5)c[n+]4C)c(C)ccc23)cc1-c1ccccc1. The van der Waals surface area contributed by atoms with Crippen molar-refractivity contribution in [3.05, 3.63) is 138 Å². The fourth-order valence-electron chi connectivity index (χ4n) is 6.07. The van der Waals surface area contributed by atoms with Crippen molar-refractivity contribution in [1.82, 2.24) is 0 Å². The van der Waals surface area contributed by atoms with Crippen molar-refractivity contribution in [2.75, 3.05) is 0 Å². The molecule has 0 aliphatic heterocycles. The number of furan rings is 1. The molecule has 0 unspecified atom stereocenters. The van der Waals surface area contributed by atoms with Crippen LogP contribution in [0.25, 0.3) is 66.6 Å². The van der Waals surface area contributed by atoms with Gasteiger partial charge in [0.05, 0.1) is 17.2 Å². The number of hydrogen-bond acceptors (Lipinski definition) is 2. The van der Waals surface area contributed by atoms with Gasteiger partial charge in [-0.15, -0.1) is 0 Å². The van der Waals surface area contributed by atoms with E-state index < -0.39 is 0 Å². The summed E-state index contributed by atoms with van der Waals surface area (Å²) in [5.41, 5.74) is 13.0. The number of nitriles is 1. The molecule has 3 heteroatoms. The highest BCUT2D eigenvalue weighted by Crippen LogP contribution is 2.43. The highest BCUT2D eigenvalue weighted by atomic mass is 16.3. The second kappa shape index (κ2) is 10.2. The summed E-state index contributed by atoms with van der Waals surface area (Å²) >= 11 is 0. The van der Waals surface area contributed by atoms with Crippen molar-refractivity contribution in [1.29, 1.82) is 5.26 Å². The van der Waals surface area contributed by atoms with E-state index in [1.807, 2.05) is 24.3 Å². The van der Waals surface area contributed by atoms with E-state index in [1.165, 1.54) is 11.1 Å². The Labute approximate surface area is 245 Å². The minimum absolute atomic E-state index is 0.598. The first-order chi connectivity index (χ1) is 20.5. The van der Waals surface area contributed by atoms with E-state index in [1.54, 1.807) is 0 Å². The van der Waals surface area contributed by atoms with E-state index in [0.717, 1.165) is 66.6 Å². The van der Waals surface area contributed by atoms with Gasteiger partial charge in [0, 0.05) is 28.0 Å². The summed E-state index contributed by atoms with van der Waals surface area (Å²) in [6.45, 7) is 4.25. The zero-order valence-corrected chi connectivity index (χ0v) is 23.8. The molecule has 0 aliphatic carbocycles. The Morgan fingerprint density at radius 3 is 1.90 bits per heavy atom. The third-order valence-electron chi connectivity index (χ3n) is 8.25. The van der Waals surface area contributed by atoms with Gasteiger partial charge in [-0.05, 0) is 71.5 Å². The van der Waals surface area contributed by atoms with E-state index in [2.05, 4.69) is 129 Å². The predicted molar refractivity (Wildman–Crippen MR) is 171 cm³/mol. The quantitative estimate of drug-likeness (QED) is 0.208. The number of aromatic nitrogens is 1. The molecule has 0 atom stereocenters. The van der Waals surface area contributed by atoms with Crippen LogP contribution in [0.1, 0.15) is 16.7 Å². The first kappa shape index (κ1) is 25.5. The zero-order valence-electron chi connectivity index (χ0n) is 23.8. The van der Waals surface area contributed by atoms with Crippen LogP contribution in [0.2, 0.25) is 0 Å². The molecule has 0 bridgehead atoms. The number of rotatable bonds is 4. The van der Waals surface area contributed by atoms with E-state index in [9.17, 15) is 5.26 Å². The van der Waals surface area contributed by atoms with Crippen molar-refractivity contribution in [3.63, 3.8) is 0 Å². The van der Waals surface area contributed by atoms with Gasteiger partial charge in [0.15, 0.2) is 6.20 Å². The average Bonchev–Trinajstić information content (AvgIpc) is 3.40. The van der Waals surface area contributed by atoms with E-state index in [4.69, 9.17) is 4.42 Å². The van der Waals surface area contributed by atoms with Gasteiger partial charge < -0.3 is 4.42 Å². The standard InChI is InChI=1S/C39H29N2O/c1-25-14-16-29(22-34(25)28-12-8-5-9-13-28)37-30(23-40)17-20-33-32-19-15-26(2)36(38(32)42-39(33)37)35-21-18-31(24-41(35)3)27-10-6-4-7-11-27/h4-22,24H,1-3H3/q+1. The maximum absolute atomic E-state index is 10.2. The van der Waals surface area contributed by atoms with Gasteiger partial charge in [0.2, 0.25) is 5.69 Å². The fraction of sp³-hybridized carbons (Fsp3) is 0.0769. The molecule has 2 heterocycles. The number of aryl methyl sites for hydroxylation is 3. The topological polar surface area (TPSA) is 40.8 Å². The monoisotopic (exact) mass is 541 g/mol.